The first-order valence-corrected chi connectivity index (χ1v) is 14.3. The highest BCUT2D eigenvalue weighted by Gasteiger charge is 2.36. The van der Waals surface area contributed by atoms with Gasteiger partial charge in [0.2, 0.25) is 15.9 Å². The van der Waals surface area contributed by atoms with Crippen molar-refractivity contribution < 1.29 is 22.3 Å². The fourth-order valence-corrected chi connectivity index (χ4v) is 7.15. The Balaban J connectivity index is 1.67. The number of nitrogens with zero attached hydrogens (tertiary/aromatic N) is 2. The van der Waals surface area contributed by atoms with E-state index in [0.717, 1.165) is 32.4 Å². The lowest BCUT2D eigenvalue weighted by Crippen LogP contribution is -2.47. The van der Waals surface area contributed by atoms with Gasteiger partial charge in [0.05, 0.1) is 17.5 Å². The first-order chi connectivity index (χ1) is 17.2. The summed E-state index contributed by atoms with van der Waals surface area (Å²) in [5.41, 5.74) is 1.69. The summed E-state index contributed by atoms with van der Waals surface area (Å²) >= 11 is 14.3. The minimum Gasteiger partial charge on any atom is -0.385 e. The lowest BCUT2D eigenvalue weighted by atomic mass is 9.93. The van der Waals surface area contributed by atoms with Crippen LogP contribution < -0.4 is 0 Å². The maximum absolute atomic E-state index is 13.7. The molecule has 1 atom stereocenters. The van der Waals surface area contributed by atoms with Gasteiger partial charge in [-0.2, -0.15) is 4.31 Å². The Labute approximate surface area is 224 Å². The van der Waals surface area contributed by atoms with Crippen molar-refractivity contribution in [3.05, 3.63) is 85.8 Å². The van der Waals surface area contributed by atoms with Crippen LogP contribution in [0.2, 0.25) is 10.0 Å². The van der Waals surface area contributed by atoms with Gasteiger partial charge < -0.3 is 9.64 Å². The fourth-order valence-electron chi connectivity index (χ4n) is 4.31. The molecule has 1 amide bonds. The van der Waals surface area contributed by atoms with Crippen molar-refractivity contribution in [3.8, 4) is 0 Å². The molecule has 1 aliphatic rings. The largest absolute Gasteiger partial charge is 0.385 e. The third kappa shape index (κ3) is 5.77. The minimum atomic E-state index is -4.06. The number of fused-ring (bicyclic) bond motifs is 1. The number of amides is 1. The van der Waals surface area contributed by atoms with Crippen molar-refractivity contribution in [3.63, 3.8) is 0 Å². The number of hydrogen-bond donors (Lipinski definition) is 0. The standard InChI is InChI=1S/C25H25Cl2FN2O4S2/c1-34-13-2-11-29(36(32,33)19-6-4-18(28)5-7-19)16-24(31)30-12-9-23-21(10-14-35-23)25(30)20-8-3-17(26)15-22(20)27/h3-8,10,14-15,25H,2,9,11-13,16H2,1H3. The molecule has 2 aromatic carbocycles. The van der Waals surface area contributed by atoms with E-state index in [9.17, 15) is 17.6 Å². The van der Waals surface area contributed by atoms with Crippen molar-refractivity contribution in [2.75, 3.05) is 33.4 Å². The van der Waals surface area contributed by atoms with E-state index in [1.165, 1.54) is 19.2 Å². The molecule has 0 bridgehead atoms. The predicted molar refractivity (Wildman–Crippen MR) is 140 cm³/mol. The van der Waals surface area contributed by atoms with Gasteiger partial charge in [-0.15, -0.1) is 11.3 Å². The van der Waals surface area contributed by atoms with Crippen LogP contribution in [0, 0.1) is 5.82 Å². The summed E-state index contributed by atoms with van der Waals surface area (Å²) in [5, 5.41) is 2.89. The summed E-state index contributed by atoms with van der Waals surface area (Å²) < 4.78 is 46.5. The molecule has 0 spiro atoms. The maximum atomic E-state index is 13.7. The number of thiophene rings is 1. The summed E-state index contributed by atoms with van der Waals surface area (Å²) in [6, 6.07) is 11.2. The Morgan fingerprint density at radius 2 is 1.92 bits per heavy atom. The van der Waals surface area contributed by atoms with Gasteiger partial charge in [-0.05, 0) is 71.8 Å². The first-order valence-electron chi connectivity index (χ1n) is 11.3. The van der Waals surface area contributed by atoms with Gasteiger partial charge >= 0.3 is 0 Å². The molecule has 3 aromatic rings. The van der Waals surface area contributed by atoms with Gasteiger partial charge in [-0.1, -0.05) is 29.3 Å². The highest BCUT2D eigenvalue weighted by molar-refractivity contribution is 7.89. The first kappa shape index (κ1) is 27.0. The number of carbonyl (C=O) groups excluding carboxylic acids is 1. The van der Waals surface area contributed by atoms with Crippen LogP contribution in [0.25, 0.3) is 0 Å². The van der Waals surface area contributed by atoms with E-state index in [2.05, 4.69) is 0 Å². The Hall–Kier alpha value is -2.01. The Kier molecular flexibility index (Phi) is 8.70. The van der Waals surface area contributed by atoms with Crippen LogP contribution in [0.3, 0.4) is 0 Å². The maximum Gasteiger partial charge on any atom is 0.243 e. The molecule has 6 nitrogen and oxygen atoms in total. The number of sulfonamides is 1. The van der Waals surface area contributed by atoms with E-state index < -0.39 is 21.9 Å². The molecule has 0 N–H and O–H groups in total. The van der Waals surface area contributed by atoms with Gasteiger partial charge in [0.25, 0.3) is 0 Å². The predicted octanol–water partition coefficient (Wildman–Crippen LogP) is 5.40. The number of methoxy groups -OCH3 is 1. The SMILES string of the molecule is COCCCN(CC(=O)N1CCc2sccc2C1c1ccc(Cl)cc1Cl)S(=O)(=O)c1ccc(F)cc1. The Bertz CT molecular complexity index is 1330. The summed E-state index contributed by atoms with van der Waals surface area (Å²) in [6.45, 7) is 0.445. The van der Waals surface area contributed by atoms with Gasteiger partial charge in [-0.25, -0.2) is 12.8 Å². The highest BCUT2D eigenvalue weighted by atomic mass is 35.5. The molecule has 36 heavy (non-hydrogen) atoms. The molecule has 0 radical (unpaired) electrons. The number of rotatable bonds is 9. The smallest absolute Gasteiger partial charge is 0.243 e. The lowest BCUT2D eigenvalue weighted by Gasteiger charge is -2.37. The molecule has 0 saturated heterocycles. The third-order valence-corrected chi connectivity index (χ3v) is 9.48. The number of carbonyl (C=O) groups is 1. The minimum absolute atomic E-state index is 0.0726. The zero-order valence-electron chi connectivity index (χ0n) is 19.5. The topological polar surface area (TPSA) is 66.9 Å². The van der Waals surface area contributed by atoms with E-state index >= 15 is 0 Å². The van der Waals surface area contributed by atoms with Crippen LogP contribution in [0.4, 0.5) is 4.39 Å². The molecule has 192 valence electrons. The summed E-state index contributed by atoms with van der Waals surface area (Å²) in [5.74, 6) is -0.899. The van der Waals surface area contributed by atoms with E-state index in [-0.39, 0.29) is 23.9 Å². The number of halogens is 3. The zero-order chi connectivity index (χ0) is 25.9. The molecule has 0 aliphatic carbocycles. The van der Waals surface area contributed by atoms with Gasteiger partial charge in [0.15, 0.2) is 0 Å². The lowest BCUT2D eigenvalue weighted by molar-refractivity contribution is -0.133. The number of benzene rings is 2. The number of hydrogen-bond acceptors (Lipinski definition) is 5. The number of ether oxygens (including phenoxy) is 1. The molecular weight excluding hydrogens is 546 g/mol. The van der Waals surface area contributed by atoms with Crippen LogP contribution in [0.15, 0.2) is 58.8 Å². The molecule has 1 aliphatic heterocycles. The van der Waals surface area contributed by atoms with E-state index in [0.29, 0.717) is 36.0 Å². The highest BCUT2D eigenvalue weighted by Crippen LogP contribution is 2.41. The quantitative estimate of drug-likeness (QED) is 0.323. The van der Waals surface area contributed by atoms with Crippen LogP contribution in [0.5, 0.6) is 0 Å². The van der Waals surface area contributed by atoms with Crippen LogP contribution in [-0.2, 0) is 26.0 Å². The van der Waals surface area contributed by atoms with Crippen LogP contribution in [0.1, 0.15) is 28.5 Å². The molecule has 0 fully saturated rings. The average molecular weight is 572 g/mol. The van der Waals surface area contributed by atoms with E-state index in [1.54, 1.807) is 34.4 Å². The third-order valence-electron chi connectivity index (χ3n) is 6.06. The summed E-state index contributed by atoms with van der Waals surface area (Å²) in [4.78, 5) is 16.5. The molecule has 4 rings (SSSR count). The molecule has 0 saturated carbocycles. The zero-order valence-corrected chi connectivity index (χ0v) is 22.6. The normalized spacial score (nSPS) is 15.8. The van der Waals surface area contributed by atoms with Crippen molar-refractivity contribution in [2.45, 2.75) is 23.8 Å². The van der Waals surface area contributed by atoms with E-state index in [1.807, 2.05) is 11.4 Å². The van der Waals surface area contributed by atoms with Gasteiger partial charge in [-0.3, -0.25) is 4.79 Å². The second kappa shape index (κ2) is 11.6. The molecule has 11 heteroatoms. The monoisotopic (exact) mass is 570 g/mol. The average Bonchev–Trinajstić information content (AvgIpc) is 3.32. The van der Waals surface area contributed by atoms with Gasteiger partial charge in [0.1, 0.15) is 5.82 Å². The fraction of sp³-hybridized carbons (Fsp3) is 0.320. The summed E-state index contributed by atoms with van der Waals surface area (Å²) in [7, 11) is -2.53. The van der Waals surface area contributed by atoms with Crippen LogP contribution in [-0.4, -0.2) is 56.9 Å². The molecule has 1 unspecified atom stereocenters. The van der Waals surface area contributed by atoms with Crippen molar-refractivity contribution in [1.82, 2.24) is 9.21 Å². The van der Waals surface area contributed by atoms with Gasteiger partial charge in [0, 0.05) is 41.7 Å². The van der Waals surface area contributed by atoms with E-state index in [4.69, 9.17) is 27.9 Å². The molecule has 1 aromatic heterocycles. The van der Waals surface area contributed by atoms with Crippen LogP contribution >= 0.6 is 34.5 Å². The Morgan fingerprint density at radius 3 is 2.61 bits per heavy atom. The van der Waals surface area contributed by atoms with Crippen molar-refractivity contribution in [2.24, 2.45) is 0 Å². The molecule has 2 heterocycles. The van der Waals surface area contributed by atoms with Crippen molar-refractivity contribution in [1.29, 1.82) is 0 Å². The summed E-state index contributed by atoms with van der Waals surface area (Å²) in [6.07, 6.45) is 1.06. The van der Waals surface area contributed by atoms with Crippen molar-refractivity contribution >= 4 is 50.5 Å². The second-order valence-corrected chi connectivity index (χ2v) is 12.1. The second-order valence-electron chi connectivity index (χ2n) is 8.34. The Morgan fingerprint density at radius 1 is 1.17 bits per heavy atom. The molecular formula is C25H25Cl2FN2O4S2.